The van der Waals surface area contributed by atoms with Crippen LogP contribution in [-0.4, -0.2) is 38.8 Å². The minimum absolute atomic E-state index is 0.126. The maximum atomic E-state index is 5.57. The first-order chi connectivity index (χ1) is 9.36. The third-order valence-electron chi connectivity index (χ3n) is 4.29. The summed E-state index contributed by atoms with van der Waals surface area (Å²) in [6.45, 7) is 9.71. The second-order valence-electron chi connectivity index (χ2n) is 7.14. The van der Waals surface area contributed by atoms with Crippen LogP contribution in [0.4, 0.5) is 0 Å². The van der Waals surface area contributed by atoms with Crippen LogP contribution in [0.1, 0.15) is 53.4 Å². The van der Waals surface area contributed by atoms with Crippen molar-refractivity contribution in [3.05, 3.63) is 0 Å². The molecule has 0 spiro atoms. The molecule has 0 aliphatic heterocycles. The topological polar surface area (TPSA) is 45.7 Å². The molecular formula is C16H33N3O. The molecule has 118 valence electrons. The van der Waals surface area contributed by atoms with Crippen molar-refractivity contribution in [2.24, 2.45) is 16.3 Å². The fourth-order valence-electron chi connectivity index (χ4n) is 2.72. The van der Waals surface area contributed by atoms with Crippen molar-refractivity contribution in [3.8, 4) is 0 Å². The molecule has 0 aromatic heterocycles. The van der Waals surface area contributed by atoms with Gasteiger partial charge in [0.1, 0.15) is 0 Å². The molecule has 1 rings (SSSR count). The van der Waals surface area contributed by atoms with Crippen LogP contribution in [0.15, 0.2) is 4.99 Å². The molecule has 1 fully saturated rings. The Morgan fingerprint density at radius 3 is 2.30 bits per heavy atom. The Morgan fingerprint density at radius 1 is 1.25 bits per heavy atom. The minimum atomic E-state index is 0.126. The lowest BCUT2D eigenvalue weighted by atomic mass is 9.87. The third kappa shape index (κ3) is 5.70. The maximum Gasteiger partial charge on any atom is 0.191 e. The smallest absolute Gasteiger partial charge is 0.191 e. The Bertz CT molecular complexity index is 301. The maximum absolute atomic E-state index is 5.57. The van der Waals surface area contributed by atoms with Crippen LogP contribution in [0.5, 0.6) is 0 Å². The van der Waals surface area contributed by atoms with Gasteiger partial charge in [-0.15, -0.1) is 0 Å². The van der Waals surface area contributed by atoms with Crippen molar-refractivity contribution < 1.29 is 4.74 Å². The number of rotatable bonds is 4. The van der Waals surface area contributed by atoms with E-state index in [2.05, 4.69) is 43.3 Å². The fraction of sp³-hybridized carbons (Fsp3) is 0.938. The van der Waals surface area contributed by atoms with Gasteiger partial charge in [-0.05, 0) is 37.0 Å². The van der Waals surface area contributed by atoms with Crippen molar-refractivity contribution in [3.63, 3.8) is 0 Å². The average molecular weight is 283 g/mol. The summed E-state index contributed by atoms with van der Waals surface area (Å²) in [4.78, 5) is 4.33. The zero-order valence-corrected chi connectivity index (χ0v) is 14.1. The molecule has 1 aliphatic carbocycles. The first kappa shape index (κ1) is 17.3. The van der Waals surface area contributed by atoms with Crippen molar-refractivity contribution in [2.45, 2.75) is 65.5 Å². The first-order valence-electron chi connectivity index (χ1n) is 7.86. The summed E-state index contributed by atoms with van der Waals surface area (Å²) in [6.07, 6.45) is 5.30. The molecular weight excluding hydrogens is 250 g/mol. The van der Waals surface area contributed by atoms with Gasteiger partial charge in [-0.1, -0.05) is 27.7 Å². The molecule has 1 saturated carbocycles. The lowest BCUT2D eigenvalue weighted by Gasteiger charge is -2.31. The molecule has 1 aliphatic rings. The highest BCUT2D eigenvalue weighted by molar-refractivity contribution is 5.80. The Labute approximate surface area is 124 Å². The molecule has 0 aromatic carbocycles. The number of nitrogens with zero attached hydrogens (tertiary/aromatic N) is 1. The molecule has 0 heterocycles. The predicted molar refractivity (Wildman–Crippen MR) is 86.2 cm³/mol. The Hall–Kier alpha value is -0.770. The molecule has 0 saturated heterocycles. The highest BCUT2D eigenvalue weighted by Crippen LogP contribution is 2.23. The zero-order valence-electron chi connectivity index (χ0n) is 14.1. The SMILES string of the molecule is CN=C(NCC(OC)C(C)(C)C)NC1CCC(C)CC1. The van der Waals surface area contributed by atoms with Crippen LogP contribution in [0, 0.1) is 11.3 Å². The summed E-state index contributed by atoms with van der Waals surface area (Å²) in [7, 11) is 3.61. The lowest BCUT2D eigenvalue weighted by Crippen LogP contribution is -2.48. The van der Waals surface area contributed by atoms with Crippen LogP contribution in [0.2, 0.25) is 0 Å². The number of hydrogen-bond donors (Lipinski definition) is 2. The first-order valence-corrected chi connectivity index (χ1v) is 7.86. The summed E-state index contributed by atoms with van der Waals surface area (Å²) in [6, 6.07) is 0.563. The van der Waals surface area contributed by atoms with Gasteiger partial charge in [0.2, 0.25) is 0 Å². The van der Waals surface area contributed by atoms with Crippen LogP contribution < -0.4 is 10.6 Å². The summed E-state index contributed by atoms with van der Waals surface area (Å²) in [5, 5.41) is 6.94. The third-order valence-corrected chi connectivity index (χ3v) is 4.29. The number of ether oxygens (including phenoxy) is 1. The predicted octanol–water partition coefficient (Wildman–Crippen LogP) is 2.79. The van der Waals surface area contributed by atoms with Crippen LogP contribution >= 0.6 is 0 Å². The lowest BCUT2D eigenvalue weighted by molar-refractivity contribution is 0.0205. The van der Waals surface area contributed by atoms with Crippen molar-refractivity contribution in [1.29, 1.82) is 0 Å². The van der Waals surface area contributed by atoms with Crippen LogP contribution in [-0.2, 0) is 4.74 Å². The van der Waals surface area contributed by atoms with E-state index >= 15 is 0 Å². The number of methoxy groups -OCH3 is 1. The fourth-order valence-corrected chi connectivity index (χ4v) is 2.72. The summed E-state index contributed by atoms with van der Waals surface area (Å²) < 4.78 is 5.57. The molecule has 0 radical (unpaired) electrons. The molecule has 0 bridgehead atoms. The second kappa shape index (κ2) is 7.87. The Kier molecular flexibility index (Phi) is 6.80. The van der Waals surface area contributed by atoms with Gasteiger partial charge in [-0.3, -0.25) is 4.99 Å². The van der Waals surface area contributed by atoms with E-state index in [1.54, 1.807) is 7.11 Å². The number of guanidine groups is 1. The molecule has 2 N–H and O–H groups in total. The monoisotopic (exact) mass is 283 g/mol. The molecule has 1 unspecified atom stereocenters. The second-order valence-corrected chi connectivity index (χ2v) is 7.14. The van der Waals surface area contributed by atoms with E-state index in [9.17, 15) is 0 Å². The standard InChI is InChI=1S/C16H33N3O/c1-12-7-9-13(10-8-12)19-15(17-5)18-11-14(20-6)16(2,3)4/h12-14H,7-11H2,1-6H3,(H2,17,18,19). The molecule has 1 atom stereocenters. The zero-order chi connectivity index (χ0) is 15.2. The highest BCUT2D eigenvalue weighted by atomic mass is 16.5. The van der Waals surface area contributed by atoms with E-state index in [-0.39, 0.29) is 11.5 Å². The van der Waals surface area contributed by atoms with Gasteiger partial charge in [0.15, 0.2) is 5.96 Å². The number of aliphatic imine (C=N–C) groups is 1. The largest absolute Gasteiger partial charge is 0.379 e. The van der Waals surface area contributed by atoms with Gasteiger partial charge in [-0.25, -0.2) is 0 Å². The van der Waals surface area contributed by atoms with Crippen molar-refractivity contribution in [1.82, 2.24) is 10.6 Å². The Balaban J connectivity index is 2.40. The van der Waals surface area contributed by atoms with E-state index in [4.69, 9.17) is 4.74 Å². The van der Waals surface area contributed by atoms with Gasteiger partial charge in [0.25, 0.3) is 0 Å². The molecule has 20 heavy (non-hydrogen) atoms. The van der Waals surface area contributed by atoms with Crippen molar-refractivity contribution >= 4 is 5.96 Å². The van der Waals surface area contributed by atoms with Gasteiger partial charge in [-0.2, -0.15) is 0 Å². The number of nitrogens with one attached hydrogen (secondary N) is 2. The summed E-state index contributed by atoms with van der Waals surface area (Å²) >= 11 is 0. The van der Waals surface area contributed by atoms with Gasteiger partial charge >= 0.3 is 0 Å². The quantitative estimate of drug-likeness (QED) is 0.616. The normalized spacial score (nSPS) is 26.2. The van der Waals surface area contributed by atoms with E-state index < -0.39 is 0 Å². The molecule has 4 nitrogen and oxygen atoms in total. The summed E-state index contributed by atoms with van der Waals surface area (Å²) in [5.74, 6) is 1.78. The van der Waals surface area contributed by atoms with E-state index in [1.807, 2.05) is 7.05 Å². The van der Waals surface area contributed by atoms with E-state index in [0.29, 0.717) is 6.04 Å². The molecule has 0 amide bonds. The van der Waals surface area contributed by atoms with Crippen LogP contribution in [0.3, 0.4) is 0 Å². The summed E-state index contributed by atoms with van der Waals surface area (Å²) in [5.41, 5.74) is 0.126. The number of hydrogen-bond acceptors (Lipinski definition) is 2. The van der Waals surface area contributed by atoms with Crippen LogP contribution in [0.25, 0.3) is 0 Å². The van der Waals surface area contributed by atoms with E-state index in [0.717, 1.165) is 18.4 Å². The average Bonchev–Trinajstić information content (AvgIpc) is 2.39. The molecule has 4 heteroatoms. The molecule has 0 aromatic rings. The van der Waals surface area contributed by atoms with Gasteiger partial charge < -0.3 is 15.4 Å². The minimum Gasteiger partial charge on any atom is -0.379 e. The highest BCUT2D eigenvalue weighted by Gasteiger charge is 2.25. The van der Waals surface area contributed by atoms with E-state index in [1.165, 1.54) is 25.7 Å². The van der Waals surface area contributed by atoms with Gasteiger partial charge in [0.05, 0.1) is 6.10 Å². The van der Waals surface area contributed by atoms with Crippen molar-refractivity contribution in [2.75, 3.05) is 20.7 Å². The Morgan fingerprint density at radius 2 is 1.85 bits per heavy atom. The van der Waals surface area contributed by atoms with Gasteiger partial charge in [0, 0.05) is 26.7 Å².